The molecule has 0 radical (unpaired) electrons. The Hall–Kier alpha value is -0.710. The summed E-state index contributed by atoms with van der Waals surface area (Å²) in [5.41, 5.74) is 0. The quantitative estimate of drug-likeness (QED) is 0.667. The molecule has 0 saturated carbocycles. The lowest BCUT2D eigenvalue weighted by molar-refractivity contribution is -0.144. The highest BCUT2D eigenvalue weighted by Crippen LogP contribution is 2.12. The molecule has 0 saturated heterocycles. The smallest absolute Gasteiger partial charge is 0.306 e. The highest BCUT2D eigenvalue weighted by atomic mass is 32.2. The first-order valence-corrected chi connectivity index (χ1v) is 6.65. The highest BCUT2D eigenvalue weighted by molar-refractivity contribution is 7.87. The molecule has 0 amide bonds. The third kappa shape index (κ3) is 6.71. The maximum Gasteiger partial charge on any atom is 0.306 e. The molecule has 0 aliphatic rings. The van der Waals surface area contributed by atoms with Gasteiger partial charge >= 0.3 is 5.97 Å². The normalized spacial score (nSPS) is 13.2. The maximum atomic E-state index is 11.6. The lowest BCUT2D eigenvalue weighted by atomic mass is 10.2. The van der Waals surface area contributed by atoms with Gasteiger partial charge in [0.05, 0.1) is 18.8 Å². The van der Waals surface area contributed by atoms with Crippen LogP contribution < -0.4 is 0 Å². The summed E-state index contributed by atoms with van der Waals surface area (Å²) in [6.45, 7) is 7.50. The van der Waals surface area contributed by atoms with E-state index < -0.39 is 10.8 Å². The number of ketones is 1. The summed E-state index contributed by atoms with van der Waals surface area (Å²) in [4.78, 5) is 22.4. The minimum atomic E-state index is -1.19. The zero-order valence-corrected chi connectivity index (χ0v) is 11.2. The van der Waals surface area contributed by atoms with Gasteiger partial charge in [-0.2, -0.15) is 0 Å². The minimum Gasteiger partial charge on any atom is -0.466 e. The summed E-state index contributed by atoms with van der Waals surface area (Å²) < 4.78 is 15.9. The molecule has 1 atom stereocenters. The Kier molecular flexibility index (Phi) is 6.48. The number of Topliss-reactive ketones (excluding diaryl/α,β-unsaturated/α-hetero) is 1. The van der Waals surface area contributed by atoms with Gasteiger partial charge in [0.2, 0.25) is 0 Å². The molecule has 0 aliphatic carbocycles. The van der Waals surface area contributed by atoms with Crippen LogP contribution in [0.4, 0.5) is 0 Å². The number of carbonyl (C=O) groups is 2. The van der Waals surface area contributed by atoms with Crippen LogP contribution in [0.2, 0.25) is 0 Å². The van der Waals surface area contributed by atoms with Gasteiger partial charge in [0, 0.05) is 22.0 Å². The first-order chi connectivity index (χ1) is 7.27. The molecule has 1 unspecified atom stereocenters. The summed E-state index contributed by atoms with van der Waals surface area (Å²) in [7, 11) is -1.19. The van der Waals surface area contributed by atoms with Crippen molar-refractivity contribution in [1.82, 2.24) is 0 Å². The Labute approximate surface area is 99.2 Å². The molecule has 5 heteroatoms. The number of ether oxygens (including phenoxy) is 1. The largest absolute Gasteiger partial charge is 0.466 e. The Morgan fingerprint density at radius 1 is 1.19 bits per heavy atom. The molecule has 16 heavy (non-hydrogen) atoms. The molecule has 0 fully saturated rings. The first kappa shape index (κ1) is 15.3. The van der Waals surface area contributed by atoms with E-state index in [-0.39, 0.29) is 35.1 Å². The standard InChI is InChI=1S/C11H20O4S/c1-5-15-10(13)7-6-9(12)8-16(14)11(2,3)4/h5-8H2,1-4H3. The van der Waals surface area contributed by atoms with E-state index in [0.717, 1.165) is 0 Å². The second-order valence-corrected chi connectivity index (χ2v) is 6.65. The number of hydrogen-bond donors (Lipinski definition) is 0. The van der Waals surface area contributed by atoms with Crippen molar-refractivity contribution in [3.05, 3.63) is 0 Å². The molecule has 0 bridgehead atoms. The highest BCUT2D eigenvalue weighted by Gasteiger charge is 2.22. The van der Waals surface area contributed by atoms with Crippen LogP contribution in [0.3, 0.4) is 0 Å². The Morgan fingerprint density at radius 3 is 2.19 bits per heavy atom. The Morgan fingerprint density at radius 2 is 1.75 bits per heavy atom. The maximum absolute atomic E-state index is 11.6. The first-order valence-electron chi connectivity index (χ1n) is 5.33. The van der Waals surface area contributed by atoms with E-state index in [1.54, 1.807) is 6.92 Å². The van der Waals surface area contributed by atoms with Crippen molar-refractivity contribution >= 4 is 22.6 Å². The Bertz CT molecular complexity index is 278. The van der Waals surface area contributed by atoms with Gasteiger partial charge in [0.25, 0.3) is 0 Å². The number of carbonyl (C=O) groups excluding carboxylic acids is 2. The Balaban J connectivity index is 3.92. The van der Waals surface area contributed by atoms with Crippen LogP contribution in [0.1, 0.15) is 40.5 Å². The topological polar surface area (TPSA) is 60.4 Å². The molecule has 0 aromatic carbocycles. The van der Waals surface area contributed by atoms with Crippen LogP contribution in [-0.4, -0.2) is 33.1 Å². The monoisotopic (exact) mass is 248 g/mol. The predicted octanol–water partition coefficient (Wildman–Crippen LogP) is 1.45. The zero-order valence-electron chi connectivity index (χ0n) is 10.4. The van der Waals surface area contributed by atoms with Gasteiger partial charge in [-0.15, -0.1) is 0 Å². The number of rotatable bonds is 6. The third-order valence-electron chi connectivity index (χ3n) is 1.89. The summed E-state index contributed by atoms with van der Waals surface area (Å²) in [6, 6.07) is 0. The van der Waals surface area contributed by atoms with Crippen LogP contribution in [0, 0.1) is 0 Å². The molecule has 0 aliphatic heterocycles. The molecule has 0 heterocycles. The van der Waals surface area contributed by atoms with Gasteiger partial charge in [-0.3, -0.25) is 13.8 Å². The van der Waals surface area contributed by atoms with Gasteiger partial charge in [0.1, 0.15) is 5.78 Å². The summed E-state index contributed by atoms with van der Waals surface area (Å²) >= 11 is 0. The molecule has 4 nitrogen and oxygen atoms in total. The van der Waals surface area contributed by atoms with Crippen molar-refractivity contribution in [3.63, 3.8) is 0 Å². The van der Waals surface area contributed by atoms with E-state index >= 15 is 0 Å². The minimum absolute atomic E-state index is 0.0168. The van der Waals surface area contributed by atoms with Crippen molar-refractivity contribution in [3.8, 4) is 0 Å². The molecule has 0 aromatic heterocycles. The van der Waals surface area contributed by atoms with E-state index in [1.165, 1.54) is 0 Å². The van der Waals surface area contributed by atoms with Crippen molar-refractivity contribution in [2.24, 2.45) is 0 Å². The SMILES string of the molecule is CCOC(=O)CCC(=O)CS(=O)C(C)(C)C. The summed E-state index contributed by atoms with van der Waals surface area (Å²) in [5.74, 6) is -0.512. The molecule has 0 rings (SSSR count). The van der Waals surface area contributed by atoms with E-state index in [1.807, 2.05) is 20.8 Å². The predicted molar refractivity (Wildman–Crippen MR) is 63.6 cm³/mol. The summed E-state index contributed by atoms with van der Waals surface area (Å²) in [6.07, 6.45) is 0.189. The third-order valence-corrected chi connectivity index (χ3v) is 3.84. The fraction of sp³-hybridized carbons (Fsp3) is 0.818. The second-order valence-electron chi connectivity index (χ2n) is 4.45. The molecule has 94 valence electrons. The van der Waals surface area contributed by atoms with E-state index in [4.69, 9.17) is 4.74 Å². The molecule has 0 aromatic rings. The zero-order chi connectivity index (χ0) is 12.8. The average Bonchev–Trinajstić information content (AvgIpc) is 2.13. The van der Waals surface area contributed by atoms with Crippen LogP contribution in [0.25, 0.3) is 0 Å². The average molecular weight is 248 g/mol. The van der Waals surface area contributed by atoms with Crippen LogP contribution in [0.15, 0.2) is 0 Å². The van der Waals surface area contributed by atoms with Gasteiger partial charge in [-0.1, -0.05) is 0 Å². The van der Waals surface area contributed by atoms with E-state index in [2.05, 4.69) is 0 Å². The van der Waals surface area contributed by atoms with Crippen LogP contribution >= 0.6 is 0 Å². The second kappa shape index (κ2) is 6.78. The van der Waals surface area contributed by atoms with Gasteiger partial charge in [-0.05, 0) is 27.7 Å². The molecule has 0 N–H and O–H groups in total. The fourth-order valence-corrected chi connectivity index (χ4v) is 1.78. The van der Waals surface area contributed by atoms with Gasteiger partial charge in [0.15, 0.2) is 0 Å². The number of hydrogen-bond acceptors (Lipinski definition) is 4. The van der Waals surface area contributed by atoms with E-state index in [9.17, 15) is 13.8 Å². The molecular weight excluding hydrogens is 228 g/mol. The van der Waals surface area contributed by atoms with Crippen LogP contribution in [-0.2, 0) is 25.1 Å². The van der Waals surface area contributed by atoms with Crippen molar-refractivity contribution in [2.75, 3.05) is 12.4 Å². The van der Waals surface area contributed by atoms with Crippen LogP contribution in [0.5, 0.6) is 0 Å². The van der Waals surface area contributed by atoms with Crippen molar-refractivity contribution in [1.29, 1.82) is 0 Å². The van der Waals surface area contributed by atoms with E-state index in [0.29, 0.717) is 6.61 Å². The van der Waals surface area contributed by atoms with Gasteiger partial charge < -0.3 is 4.74 Å². The van der Waals surface area contributed by atoms with Crippen molar-refractivity contribution < 1.29 is 18.5 Å². The molecular formula is C11H20O4S. The van der Waals surface area contributed by atoms with Gasteiger partial charge in [-0.25, -0.2) is 0 Å². The van der Waals surface area contributed by atoms with Crippen molar-refractivity contribution in [2.45, 2.75) is 45.3 Å². The summed E-state index contributed by atoms with van der Waals surface area (Å²) in [5, 5.41) is 0. The lowest BCUT2D eigenvalue weighted by Gasteiger charge is -2.16. The number of esters is 1. The fourth-order valence-electron chi connectivity index (χ4n) is 0.910. The lowest BCUT2D eigenvalue weighted by Crippen LogP contribution is -2.27. The molecule has 0 spiro atoms.